The van der Waals surface area contributed by atoms with Crippen LogP contribution >= 0.6 is 10.9 Å². The minimum atomic E-state index is -0.956. The average Bonchev–Trinajstić information content (AvgIpc) is 3.42. The molecule has 1 aromatic carbocycles. The average molecular weight is 545 g/mol. The SMILES string of the molecule is C=CCn1c(=O)c2cnc(Nc3ccc4c(c3)CCC([SH](C)C)C4)nc2n1-c1ccc2c(n1)[C@@](O)(CC)CC2. The first-order valence-electron chi connectivity index (χ1n) is 13.7. The minimum absolute atomic E-state index is 0.0673. The molecule has 1 unspecified atom stereocenters. The smallest absolute Gasteiger partial charge is 0.278 e. The Kier molecular flexibility index (Phi) is 6.59. The van der Waals surface area contributed by atoms with Gasteiger partial charge in [0.15, 0.2) is 11.5 Å². The number of hydrogen-bond donors (Lipinski definition) is 3. The van der Waals surface area contributed by atoms with Gasteiger partial charge in [0, 0.05) is 11.9 Å². The van der Waals surface area contributed by atoms with Crippen molar-refractivity contribution in [3.05, 3.63) is 81.9 Å². The first-order chi connectivity index (χ1) is 18.8. The molecule has 2 N–H and O–H groups in total. The highest BCUT2D eigenvalue weighted by Gasteiger charge is 2.37. The van der Waals surface area contributed by atoms with Crippen LogP contribution in [0.4, 0.5) is 11.6 Å². The second kappa shape index (κ2) is 9.95. The van der Waals surface area contributed by atoms with Gasteiger partial charge in [-0.2, -0.15) is 4.98 Å². The number of thiol groups is 1. The van der Waals surface area contributed by atoms with Gasteiger partial charge in [0.2, 0.25) is 5.95 Å². The van der Waals surface area contributed by atoms with Crippen molar-refractivity contribution in [2.24, 2.45) is 0 Å². The molecule has 8 nitrogen and oxygen atoms in total. The molecule has 0 fully saturated rings. The molecule has 204 valence electrons. The molecule has 0 spiro atoms. The second-order valence-corrected chi connectivity index (χ2v) is 13.6. The second-order valence-electron chi connectivity index (χ2n) is 10.9. The maximum absolute atomic E-state index is 13.4. The van der Waals surface area contributed by atoms with Crippen LogP contribution in [0.1, 0.15) is 48.6 Å². The van der Waals surface area contributed by atoms with E-state index in [1.54, 1.807) is 21.6 Å². The van der Waals surface area contributed by atoms with Crippen molar-refractivity contribution in [3.8, 4) is 5.82 Å². The number of fused-ring (bicyclic) bond motifs is 3. The number of benzene rings is 1. The zero-order valence-electron chi connectivity index (χ0n) is 22.8. The summed E-state index contributed by atoms with van der Waals surface area (Å²) in [5, 5.41) is 15.7. The fourth-order valence-corrected chi connectivity index (χ4v) is 7.20. The van der Waals surface area contributed by atoms with Gasteiger partial charge in [0.1, 0.15) is 11.0 Å². The third-order valence-corrected chi connectivity index (χ3v) is 10.3. The molecule has 0 saturated carbocycles. The molecule has 3 aromatic heterocycles. The molecule has 0 aliphatic heterocycles. The standard InChI is InChI=1S/C30H36N6O2S/c1-5-15-35-28(37)24-18-31-29(32-22-10-7-21-17-23(39(3)4)11-8-20(21)16-22)34-27(24)36(35)25-12-9-19-13-14-30(38,6-2)26(19)33-25/h5,7,9-10,12,16,18,23,38-39H,1,6,8,11,13-15,17H2,2-4H3,(H,31,32,34)/t23?,30-/m1/s1. The highest BCUT2D eigenvalue weighted by atomic mass is 32.2. The molecule has 39 heavy (non-hydrogen) atoms. The molecule has 0 saturated heterocycles. The van der Waals surface area contributed by atoms with E-state index in [9.17, 15) is 9.90 Å². The lowest BCUT2D eigenvalue weighted by Gasteiger charge is -2.30. The van der Waals surface area contributed by atoms with E-state index in [2.05, 4.69) is 47.6 Å². The highest BCUT2D eigenvalue weighted by molar-refractivity contribution is 8.16. The van der Waals surface area contributed by atoms with E-state index >= 15 is 0 Å². The molecular formula is C30H36N6O2S. The largest absolute Gasteiger partial charge is 0.384 e. The third-order valence-electron chi connectivity index (χ3n) is 8.39. The molecule has 9 heteroatoms. The molecule has 2 aliphatic rings. The summed E-state index contributed by atoms with van der Waals surface area (Å²) in [5.41, 5.74) is 4.78. The number of nitrogens with zero attached hydrogens (tertiary/aromatic N) is 5. The molecule has 0 bridgehead atoms. The maximum Gasteiger partial charge on any atom is 0.278 e. The van der Waals surface area contributed by atoms with Crippen molar-refractivity contribution >= 4 is 33.6 Å². The summed E-state index contributed by atoms with van der Waals surface area (Å²) in [5.74, 6) is 0.953. The van der Waals surface area contributed by atoms with Crippen LogP contribution in [0.5, 0.6) is 0 Å². The van der Waals surface area contributed by atoms with E-state index in [1.165, 1.54) is 17.5 Å². The summed E-state index contributed by atoms with van der Waals surface area (Å²) in [6.07, 6.45) is 13.5. The summed E-state index contributed by atoms with van der Waals surface area (Å²) >= 11 is 0. The number of allylic oxidation sites excluding steroid dienone is 1. The van der Waals surface area contributed by atoms with Crippen molar-refractivity contribution in [1.29, 1.82) is 0 Å². The van der Waals surface area contributed by atoms with Crippen LogP contribution in [-0.2, 0) is 31.4 Å². The summed E-state index contributed by atoms with van der Waals surface area (Å²) < 4.78 is 3.29. The Hall–Kier alpha value is -3.43. The molecule has 0 amide bonds. The zero-order chi connectivity index (χ0) is 27.3. The lowest BCUT2D eigenvalue weighted by Crippen LogP contribution is -2.25. The van der Waals surface area contributed by atoms with Crippen LogP contribution in [-0.4, -0.2) is 47.2 Å². The summed E-state index contributed by atoms with van der Waals surface area (Å²) in [6, 6.07) is 10.4. The van der Waals surface area contributed by atoms with Gasteiger partial charge in [-0.05, 0) is 91.2 Å². The van der Waals surface area contributed by atoms with Gasteiger partial charge >= 0.3 is 0 Å². The zero-order valence-corrected chi connectivity index (χ0v) is 23.7. The van der Waals surface area contributed by atoms with Gasteiger partial charge in [-0.25, -0.2) is 19.3 Å². The number of pyridine rings is 1. The monoisotopic (exact) mass is 544 g/mol. The Labute approximate surface area is 231 Å². The maximum atomic E-state index is 13.4. The Balaban J connectivity index is 1.40. The summed E-state index contributed by atoms with van der Waals surface area (Å²) in [7, 11) is 0.0673. The molecular weight excluding hydrogens is 508 g/mol. The van der Waals surface area contributed by atoms with E-state index in [0.29, 0.717) is 41.3 Å². The van der Waals surface area contributed by atoms with Gasteiger partial charge in [-0.3, -0.25) is 15.7 Å². The minimum Gasteiger partial charge on any atom is -0.384 e. The van der Waals surface area contributed by atoms with Crippen LogP contribution in [0.15, 0.2) is 54.0 Å². The van der Waals surface area contributed by atoms with E-state index < -0.39 is 5.60 Å². The van der Waals surface area contributed by atoms with Gasteiger partial charge < -0.3 is 10.4 Å². The molecule has 3 heterocycles. The van der Waals surface area contributed by atoms with Crippen LogP contribution in [0.2, 0.25) is 0 Å². The predicted octanol–water partition coefficient (Wildman–Crippen LogP) is 4.57. The van der Waals surface area contributed by atoms with E-state index in [4.69, 9.17) is 9.97 Å². The van der Waals surface area contributed by atoms with Gasteiger partial charge in [0.25, 0.3) is 5.56 Å². The van der Waals surface area contributed by atoms with Crippen LogP contribution in [0, 0.1) is 0 Å². The lowest BCUT2D eigenvalue weighted by molar-refractivity contribution is 0.0306. The molecule has 2 aliphatic carbocycles. The third kappa shape index (κ3) is 4.47. The first kappa shape index (κ1) is 25.8. The van der Waals surface area contributed by atoms with E-state index in [1.807, 2.05) is 19.1 Å². The lowest BCUT2D eigenvalue weighted by atomic mass is 9.91. The number of nitrogens with one attached hydrogen (secondary N) is 1. The fraction of sp³-hybridized carbons (Fsp3) is 0.400. The Bertz CT molecular complexity index is 1640. The van der Waals surface area contributed by atoms with Crippen molar-refractivity contribution < 1.29 is 5.11 Å². The van der Waals surface area contributed by atoms with E-state index in [-0.39, 0.29) is 23.0 Å². The number of aliphatic hydroxyl groups is 1. The molecule has 2 atom stereocenters. The molecule has 0 radical (unpaired) electrons. The normalized spacial score (nSPS) is 20.5. The first-order valence-corrected chi connectivity index (χ1v) is 16.0. The van der Waals surface area contributed by atoms with Gasteiger partial charge in [-0.15, -0.1) is 6.58 Å². The quantitative estimate of drug-likeness (QED) is 0.233. The Morgan fingerprint density at radius 1 is 1.18 bits per heavy atom. The Morgan fingerprint density at radius 3 is 2.77 bits per heavy atom. The number of anilines is 2. The summed E-state index contributed by atoms with van der Waals surface area (Å²) in [4.78, 5) is 27.5. The summed E-state index contributed by atoms with van der Waals surface area (Å²) in [6.45, 7) is 6.10. The van der Waals surface area contributed by atoms with Crippen LogP contribution in [0.3, 0.4) is 0 Å². The van der Waals surface area contributed by atoms with Gasteiger partial charge in [-0.1, -0.05) is 25.1 Å². The van der Waals surface area contributed by atoms with Crippen LogP contribution < -0.4 is 10.9 Å². The molecule has 4 aromatic rings. The van der Waals surface area contributed by atoms with Crippen molar-refractivity contribution in [3.63, 3.8) is 0 Å². The number of rotatable bonds is 7. The van der Waals surface area contributed by atoms with Crippen molar-refractivity contribution in [2.45, 2.75) is 62.8 Å². The highest BCUT2D eigenvalue weighted by Crippen LogP contribution is 2.39. The Morgan fingerprint density at radius 2 is 2.00 bits per heavy atom. The number of hydrogen-bond acceptors (Lipinski definition) is 6. The predicted molar refractivity (Wildman–Crippen MR) is 160 cm³/mol. The topological polar surface area (TPSA) is 97.9 Å². The number of aryl methyl sites for hydroxylation is 2. The van der Waals surface area contributed by atoms with Crippen molar-refractivity contribution in [2.75, 3.05) is 17.8 Å². The van der Waals surface area contributed by atoms with E-state index in [0.717, 1.165) is 35.8 Å². The van der Waals surface area contributed by atoms with Crippen LogP contribution in [0.25, 0.3) is 16.9 Å². The fourth-order valence-electron chi connectivity index (χ4n) is 6.00. The van der Waals surface area contributed by atoms with Crippen molar-refractivity contribution in [1.82, 2.24) is 24.3 Å². The number of aromatic nitrogens is 5. The van der Waals surface area contributed by atoms with Gasteiger partial charge in [0.05, 0.1) is 12.2 Å². The molecule has 6 rings (SSSR count).